The highest BCUT2D eigenvalue weighted by atomic mass is 127. The van der Waals surface area contributed by atoms with E-state index < -0.39 is 0 Å². The number of nitrogens with one attached hydrogen (secondary N) is 2. The Morgan fingerprint density at radius 2 is 2.04 bits per heavy atom. The molecule has 0 saturated heterocycles. The summed E-state index contributed by atoms with van der Waals surface area (Å²) in [4.78, 5) is 4.22. The van der Waals surface area contributed by atoms with Gasteiger partial charge in [0.15, 0.2) is 5.96 Å². The second-order valence-corrected chi connectivity index (χ2v) is 5.33. The first-order valence-corrected chi connectivity index (χ1v) is 8.05. The summed E-state index contributed by atoms with van der Waals surface area (Å²) < 4.78 is 11.2. The number of para-hydroxylation sites is 1. The molecule has 0 saturated carbocycles. The second-order valence-electron chi connectivity index (χ2n) is 5.33. The highest BCUT2D eigenvalue weighted by Crippen LogP contribution is 2.17. The predicted octanol–water partition coefficient (Wildman–Crippen LogP) is 3.35. The van der Waals surface area contributed by atoms with E-state index in [9.17, 15) is 0 Å². The fraction of sp³-hybridized carbons (Fsp3) is 0.500. The number of aliphatic imine (C=N–C) groups is 1. The third-order valence-electron chi connectivity index (χ3n) is 3.06. The number of hydrogen-bond donors (Lipinski definition) is 2. The van der Waals surface area contributed by atoms with Crippen LogP contribution in [0.3, 0.4) is 0 Å². The molecule has 6 heteroatoms. The van der Waals surface area contributed by atoms with Gasteiger partial charge in [-0.3, -0.25) is 4.99 Å². The molecule has 1 rings (SSSR count). The normalized spacial score (nSPS) is 10.9. The summed E-state index contributed by atoms with van der Waals surface area (Å²) in [5.74, 6) is 1.63. The molecule has 0 bridgehead atoms. The van der Waals surface area contributed by atoms with Crippen molar-refractivity contribution in [1.82, 2.24) is 10.6 Å². The SMILES string of the molecule is C=CCOc1ccccc1CNC(=NC)NCCCOC(C)C.I. The van der Waals surface area contributed by atoms with Gasteiger partial charge >= 0.3 is 0 Å². The lowest BCUT2D eigenvalue weighted by Crippen LogP contribution is -2.37. The summed E-state index contributed by atoms with van der Waals surface area (Å²) in [5, 5.41) is 6.57. The molecule has 0 heterocycles. The van der Waals surface area contributed by atoms with Gasteiger partial charge in [0.05, 0.1) is 6.10 Å². The van der Waals surface area contributed by atoms with E-state index in [2.05, 4.69) is 22.2 Å². The minimum Gasteiger partial charge on any atom is -0.489 e. The van der Waals surface area contributed by atoms with E-state index in [-0.39, 0.29) is 30.1 Å². The van der Waals surface area contributed by atoms with Gasteiger partial charge in [-0.1, -0.05) is 30.9 Å². The van der Waals surface area contributed by atoms with E-state index in [1.54, 1.807) is 13.1 Å². The Kier molecular flexibility index (Phi) is 13.3. The predicted molar refractivity (Wildman–Crippen MR) is 111 cm³/mol. The largest absolute Gasteiger partial charge is 0.489 e. The van der Waals surface area contributed by atoms with E-state index in [0.717, 1.165) is 36.8 Å². The van der Waals surface area contributed by atoms with Crippen LogP contribution >= 0.6 is 24.0 Å². The molecule has 0 aliphatic heterocycles. The summed E-state index contributed by atoms with van der Waals surface area (Å²) in [5.41, 5.74) is 1.08. The highest BCUT2D eigenvalue weighted by Gasteiger charge is 2.04. The molecule has 1 aromatic carbocycles. The van der Waals surface area contributed by atoms with Crippen LogP contribution in [0, 0.1) is 0 Å². The number of hydrogen-bond acceptors (Lipinski definition) is 3. The van der Waals surface area contributed by atoms with Gasteiger partial charge in [0.25, 0.3) is 0 Å². The Morgan fingerprint density at radius 1 is 1.29 bits per heavy atom. The third-order valence-corrected chi connectivity index (χ3v) is 3.06. The van der Waals surface area contributed by atoms with E-state index >= 15 is 0 Å². The van der Waals surface area contributed by atoms with Gasteiger partial charge in [0, 0.05) is 32.3 Å². The van der Waals surface area contributed by atoms with Crippen LogP contribution in [-0.2, 0) is 11.3 Å². The van der Waals surface area contributed by atoms with Gasteiger partial charge in [-0.25, -0.2) is 0 Å². The average molecular weight is 447 g/mol. The number of benzene rings is 1. The van der Waals surface area contributed by atoms with E-state index in [1.807, 2.05) is 38.1 Å². The molecule has 5 nitrogen and oxygen atoms in total. The van der Waals surface area contributed by atoms with Crippen molar-refractivity contribution in [2.24, 2.45) is 4.99 Å². The van der Waals surface area contributed by atoms with Crippen LogP contribution < -0.4 is 15.4 Å². The van der Waals surface area contributed by atoms with Crippen LogP contribution in [0.5, 0.6) is 5.75 Å². The monoisotopic (exact) mass is 447 g/mol. The molecule has 136 valence electrons. The van der Waals surface area contributed by atoms with Crippen LogP contribution in [0.4, 0.5) is 0 Å². The first-order valence-electron chi connectivity index (χ1n) is 8.05. The van der Waals surface area contributed by atoms with Crippen LogP contribution in [0.2, 0.25) is 0 Å². The van der Waals surface area contributed by atoms with E-state index in [1.165, 1.54) is 0 Å². The molecule has 0 aliphatic carbocycles. The number of rotatable bonds is 10. The summed E-state index contributed by atoms with van der Waals surface area (Å²) in [6.07, 6.45) is 2.96. The molecule has 0 fully saturated rings. The van der Waals surface area contributed by atoms with Crippen LogP contribution in [0.15, 0.2) is 41.9 Å². The number of nitrogens with zero attached hydrogens (tertiary/aromatic N) is 1. The molecule has 0 aromatic heterocycles. The van der Waals surface area contributed by atoms with E-state index in [4.69, 9.17) is 9.47 Å². The highest BCUT2D eigenvalue weighted by molar-refractivity contribution is 14.0. The molecule has 0 aliphatic rings. The van der Waals surface area contributed by atoms with Crippen molar-refractivity contribution < 1.29 is 9.47 Å². The molecule has 2 N–H and O–H groups in total. The Morgan fingerprint density at radius 3 is 2.71 bits per heavy atom. The Balaban J connectivity index is 0.00000529. The maximum absolute atomic E-state index is 5.65. The minimum absolute atomic E-state index is 0. The standard InChI is InChI=1S/C18H29N3O2.HI/c1-5-12-23-17-10-7-6-9-16(17)14-21-18(19-4)20-11-8-13-22-15(2)3;/h5-7,9-10,15H,1,8,11-14H2,2-4H3,(H2,19,20,21);1H. The zero-order chi connectivity index (χ0) is 16.9. The van der Waals surface area contributed by atoms with Crippen molar-refractivity contribution in [3.8, 4) is 5.75 Å². The lowest BCUT2D eigenvalue weighted by atomic mass is 10.2. The molecule has 0 amide bonds. The first kappa shape index (κ1) is 22.7. The fourth-order valence-corrected chi connectivity index (χ4v) is 1.94. The summed E-state index contributed by atoms with van der Waals surface area (Å²) in [6.45, 7) is 10.5. The molecular formula is C18H30IN3O2. The lowest BCUT2D eigenvalue weighted by molar-refractivity contribution is 0.0776. The Labute approximate surface area is 162 Å². The minimum atomic E-state index is 0. The van der Waals surface area contributed by atoms with E-state index in [0.29, 0.717) is 13.2 Å². The molecule has 24 heavy (non-hydrogen) atoms. The zero-order valence-electron chi connectivity index (χ0n) is 14.9. The van der Waals surface area contributed by atoms with Crippen molar-refractivity contribution in [3.63, 3.8) is 0 Å². The molecule has 0 radical (unpaired) electrons. The number of halogens is 1. The maximum atomic E-state index is 5.65. The Hall–Kier alpha value is -1.28. The van der Waals surface area contributed by atoms with Gasteiger partial charge < -0.3 is 20.1 Å². The Bertz CT molecular complexity index is 493. The van der Waals surface area contributed by atoms with Crippen LogP contribution in [-0.4, -0.2) is 38.9 Å². The van der Waals surface area contributed by atoms with Crippen molar-refractivity contribution in [2.75, 3.05) is 26.8 Å². The van der Waals surface area contributed by atoms with Crippen molar-refractivity contribution in [1.29, 1.82) is 0 Å². The number of ether oxygens (including phenoxy) is 2. The van der Waals surface area contributed by atoms with Crippen molar-refractivity contribution in [3.05, 3.63) is 42.5 Å². The quantitative estimate of drug-likeness (QED) is 0.190. The number of guanidine groups is 1. The molecule has 0 unspecified atom stereocenters. The van der Waals surface area contributed by atoms with Gasteiger partial charge in [-0.15, -0.1) is 24.0 Å². The maximum Gasteiger partial charge on any atom is 0.191 e. The first-order chi connectivity index (χ1) is 11.2. The van der Waals surface area contributed by atoms with Gasteiger partial charge in [0.2, 0.25) is 0 Å². The van der Waals surface area contributed by atoms with Gasteiger partial charge in [0.1, 0.15) is 12.4 Å². The summed E-state index contributed by atoms with van der Waals surface area (Å²) in [7, 11) is 1.76. The zero-order valence-corrected chi connectivity index (χ0v) is 17.2. The third kappa shape index (κ3) is 9.77. The van der Waals surface area contributed by atoms with Crippen molar-refractivity contribution >= 4 is 29.9 Å². The van der Waals surface area contributed by atoms with Gasteiger partial charge in [-0.05, 0) is 26.3 Å². The fourth-order valence-electron chi connectivity index (χ4n) is 1.94. The van der Waals surface area contributed by atoms with Crippen LogP contribution in [0.25, 0.3) is 0 Å². The molecular weight excluding hydrogens is 417 g/mol. The van der Waals surface area contributed by atoms with Crippen LogP contribution in [0.1, 0.15) is 25.8 Å². The molecule has 0 spiro atoms. The van der Waals surface area contributed by atoms with Crippen molar-refractivity contribution in [2.45, 2.75) is 32.9 Å². The van der Waals surface area contributed by atoms with Gasteiger partial charge in [-0.2, -0.15) is 0 Å². The summed E-state index contributed by atoms with van der Waals surface area (Å²) >= 11 is 0. The molecule has 1 aromatic rings. The second kappa shape index (κ2) is 14.1. The average Bonchev–Trinajstić information content (AvgIpc) is 2.56. The molecule has 0 atom stereocenters. The summed E-state index contributed by atoms with van der Waals surface area (Å²) in [6, 6.07) is 7.95. The topological polar surface area (TPSA) is 54.9 Å². The smallest absolute Gasteiger partial charge is 0.191 e. The lowest BCUT2D eigenvalue weighted by Gasteiger charge is -2.14.